The van der Waals surface area contributed by atoms with Crippen LogP contribution in [0.5, 0.6) is 5.75 Å². The smallest absolute Gasteiger partial charge is 0.124 e. The Morgan fingerprint density at radius 1 is 1.14 bits per heavy atom. The lowest BCUT2D eigenvalue weighted by Gasteiger charge is -2.22. The van der Waals surface area contributed by atoms with Gasteiger partial charge >= 0.3 is 0 Å². The van der Waals surface area contributed by atoms with E-state index in [0.29, 0.717) is 24.4 Å². The topological polar surface area (TPSA) is 56.5 Å². The van der Waals surface area contributed by atoms with Crippen molar-refractivity contribution in [2.75, 3.05) is 20.3 Å². The molecule has 4 nitrogen and oxygen atoms in total. The minimum atomic E-state index is 0.103. The summed E-state index contributed by atoms with van der Waals surface area (Å²) in [5.74, 6) is 0.704. The molecule has 22 heavy (non-hydrogen) atoms. The molecule has 1 N–H and O–H groups in total. The Balaban J connectivity index is 2.15. The van der Waals surface area contributed by atoms with E-state index in [1.54, 1.807) is 19.2 Å². The summed E-state index contributed by atoms with van der Waals surface area (Å²) in [6.45, 7) is 2.10. The fourth-order valence-electron chi connectivity index (χ4n) is 2.38. The zero-order chi connectivity index (χ0) is 15.8. The second-order valence-electron chi connectivity index (χ2n) is 5.06. The van der Waals surface area contributed by atoms with Crippen LogP contribution in [0.4, 0.5) is 0 Å². The molecule has 4 heteroatoms. The third kappa shape index (κ3) is 4.32. The molecule has 0 bridgehead atoms. The molecule has 0 radical (unpaired) electrons. The molecule has 0 spiro atoms. The highest BCUT2D eigenvalue weighted by Crippen LogP contribution is 2.22. The number of hydrogen-bond acceptors (Lipinski definition) is 4. The van der Waals surface area contributed by atoms with E-state index < -0.39 is 0 Å². The zero-order valence-electron chi connectivity index (χ0n) is 12.7. The van der Waals surface area contributed by atoms with Crippen molar-refractivity contribution in [3.05, 3.63) is 65.2 Å². The summed E-state index contributed by atoms with van der Waals surface area (Å²) in [5, 5.41) is 18.2. The molecular weight excluding hydrogens is 276 g/mol. The molecule has 2 aromatic rings. The highest BCUT2D eigenvalue weighted by molar-refractivity contribution is 5.42. The van der Waals surface area contributed by atoms with E-state index in [4.69, 9.17) is 10.00 Å². The SMILES string of the molecule is COc1cc(C#N)ccc1CN(CCO)Cc1ccccc1. The Kier molecular flexibility index (Phi) is 5.96. The van der Waals surface area contributed by atoms with Crippen LogP contribution in [0.25, 0.3) is 0 Å². The lowest BCUT2D eigenvalue weighted by atomic mass is 10.1. The maximum Gasteiger partial charge on any atom is 0.124 e. The van der Waals surface area contributed by atoms with Crippen LogP contribution in [0.2, 0.25) is 0 Å². The molecule has 0 atom stereocenters. The summed E-state index contributed by atoms with van der Waals surface area (Å²) in [7, 11) is 1.60. The second-order valence-corrected chi connectivity index (χ2v) is 5.06. The van der Waals surface area contributed by atoms with Crippen molar-refractivity contribution in [3.8, 4) is 11.8 Å². The number of aliphatic hydroxyl groups excluding tert-OH is 1. The minimum absolute atomic E-state index is 0.103. The Hall–Kier alpha value is -2.35. The van der Waals surface area contributed by atoms with Crippen molar-refractivity contribution in [3.63, 3.8) is 0 Å². The van der Waals surface area contributed by atoms with Crippen LogP contribution in [-0.2, 0) is 13.1 Å². The van der Waals surface area contributed by atoms with Crippen molar-refractivity contribution in [2.45, 2.75) is 13.1 Å². The van der Waals surface area contributed by atoms with Crippen molar-refractivity contribution in [1.82, 2.24) is 4.90 Å². The molecule has 0 aliphatic heterocycles. The van der Waals surface area contributed by atoms with E-state index >= 15 is 0 Å². The second kappa shape index (κ2) is 8.18. The van der Waals surface area contributed by atoms with E-state index in [1.165, 1.54) is 5.56 Å². The molecular formula is C18H20N2O2. The van der Waals surface area contributed by atoms with E-state index in [1.807, 2.05) is 24.3 Å². The maximum atomic E-state index is 9.29. The predicted octanol–water partition coefficient (Wildman–Crippen LogP) is 2.56. The van der Waals surface area contributed by atoms with Gasteiger partial charge in [-0.2, -0.15) is 5.26 Å². The van der Waals surface area contributed by atoms with E-state index in [9.17, 15) is 5.11 Å². The molecule has 114 valence electrons. The third-order valence-electron chi connectivity index (χ3n) is 3.48. The van der Waals surface area contributed by atoms with E-state index in [0.717, 1.165) is 12.1 Å². The maximum absolute atomic E-state index is 9.29. The molecule has 2 aromatic carbocycles. The van der Waals surface area contributed by atoms with Crippen LogP contribution in [0.15, 0.2) is 48.5 Å². The number of ether oxygens (including phenoxy) is 1. The molecule has 0 aromatic heterocycles. The van der Waals surface area contributed by atoms with Gasteiger partial charge in [0.1, 0.15) is 5.75 Å². The highest BCUT2D eigenvalue weighted by atomic mass is 16.5. The number of nitrogens with zero attached hydrogens (tertiary/aromatic N) is 2. The molecule has 0 aliphatic rings. The van der Waals surface area contributed by atoms with Crippen molar-refractivity contribution < 1.29 is 9.84 Å². The number of nitriles is 1. The molecule has 0 saturated heterocycles. The Morgan fingerprint density at radius 3 is 2.55 bits per heavy atom. The zero-order valence-corrected chi connectivity index (χ0v) is 12.7. The molecule has 0 saturated carbocycles. The van der Waals surface area contributed by atoms with Crippen molar-refractivity contribution in [1.29, 1.82) is 5.26 Å². The van der Waals surface area contributed by atoms with Crippen LogP contribution >= 0.6 is 0 Å². The summed E-state index contributed by atoms with van der Waals surface area (Å²) in [4.78, 5) is 2.15. The first-order valence-electron chi connectivity index (χ1n) is 7.21. The Labute approximate surface area is 131 Å². The summed E-state index contributed by atoms with van der Waals surface area (Å²) >= 11 is 0. The minimum Gasteiger partial charge on any atom is -0.496 e. The van der Waals surface area contributed by atoms with Gasteiger partial charge in [0.25, 0.3) is 0 Å². The summed E-state index contributed by atoms with van der Waals surface area (Å²) < 4.78 is 5.38. The Morgan fingerprint density at radius 2 is 1.91 bits per heavy atom. The number of benzene rings is 2. The van der Waals surface area contributed by atoms with E-state index in [-0.39, 0.29) is 6.61 Å². The number of rotatable bonds is 7. The van der Waals surface area contributed by atoms with Crippen LogP contribution in [0, 0.1) is 11.3 Å². The fraction of sp³-hybridized carbons (Fsp3) is 0.278. The lowest BCUT2D eigenvalue weighted by molar-refractivity contribution is 0.183. The van der Waals surface area contributed by atoms with Gasteiger partial charge in [0, 0.05) is 25.2 Å². The van der Waals surface area contributed by atoms with E-state index in [2.05, 4.69) is 23.1 Å². The fourth-order valence-corrected chi connectivity index (χ4v) is 2.38. The normalized spacial score (nSPS) is 10.5. The monoisotopic (exact) mass is 296 g/mol. The highest BCUT2D eigenvalue weighted by Gasteiger charge is 2.11. The summed E-state index contributed by atoms with van der Waals surface area (Å²) in [5.41, 5.74) is 2.78. The first-order chi connectivity index (χ1) is 10.8. The largest absolute Gasteiger partial charge is 0.496 e. The van der Waals surface area contributed by atoms with Crippen molar-refractivity contribution in [2.24, 2.45) is 0 Å². The van der Waals surface area contributed by atoms with Crippen LogP contribution in [-0.4, -0.2) is 30.3 Å². The van der Waals surface area contributed by atoms with Gasteiger partial charge in [-0.1, -0.05) is 36.4 Å². The van der Waals surface area contributed by atoms with Gasteiger partial charge in [-0.3, -0.25) is 4.90 Å². The molecule has 0 heterocycles. The van der Waals surface area contributed by atoms with Crippen LogP contribution < -0.4 is 4.74 Å². The first kappa shape index (κ1) is 16.0. The molecule has 0 unspecified atom stereocenters. The average Bonchev–Trinajstić information content (AvgIpc) is 2.56. The van der Waals surface area contributed by atoms with Crippen LogP contribution in [0.1, 0.15) is 16.7 Å². The first-order valence-corrected chi connectivity index (χ1v) is 7.21. The van der Waals surface area contributed by atoms with Gasteiger partial charge in [-0.05, 0) is 17.7 Å². The lowest BCUT2D eigenvalue weighted by Crippen LogP contribution is -2.26. The number of hydrogen-bond donors (Lipinski definition) is 1. The standard InChI is InChI=1S/C18H20N2O2/c1-22-18-11-16(12-19)7-8-17(18)14-20(9-10-21)13-15-5-3-2-4-6-15/h2-8,11,21H,9-10,13-14H2,1H3. The number of aliphatic hydroxyl groups is 1. The average molecular weight is 296 g/mol. The third-order valence-corrected chi connectivity index (χ3v) is 3.48. The van der Waals surface area contributed by atoms with Crippen molar-refractivity contribution >= 4 is 0 Å². The van der Waals surface area contributed by atoms with Gasteiger partial charge in [0.2, 0.25) is 0 Å². The molecule has 0 aliphatic carbocycles. The number of methoxy groups -OCH3 is 1. The van der Waals surface area contributed by atoms with Gasteiger partial charge in [-0.15, -0.1) is 0 Å². The Bertz CT molecular complexity index is 635. The van der Waals surface area contributed by atoms with Gasteiger partial charge < -0.3 is 9.84 Å². The van der Waals surface area contributed by atoms with Gasteiger partial charge in [0.05, 0.1) is 25.3 Å². The van der Waals surface area contributed by atoms with Gasteiger partial charge in [-0.25, -0.2) is 0 Å². The summed E-state index contributed by atoms with van der Waals surface area (Å²) in [6.07, 6.45) is 0. The molecule has 0 fully saturated rings. The van der Waals surface area contributed by atoms with Gasteiger partial charge in [0.15, 0.2) is 0 Å². The van der Waals surface area contributed by atoms with Crippen LogP contribution in [0.3, 0.4) is 0 Å². The predicted molar refractivity (Wildman–Crippen MR) is 85.4 cm³/mol. The molecule has 0 amide bonds. The summed E-state index contributed by atoms with van der Waals surface area (Å²) in [6, 6.07) is 17.7. The quantitative estimate of drug-likeness (QED) is 0.853. The molecule has 2 rings (SSSR count).